The zero-order valence-electron chi connectivity index (χ0n) is 19.1. The summed E-state index contributed by atoms with van der Waals surface area (Å²) in [6, 6.07) is 3.22. The first kappa shape index (κ1) is 26.0. The average molecular weight is 454 g/mol. The summed E-state index contributed by atoms with van der Waals surface area (Å²) in [6.45, 7) is 4.68. The predicted molar refractivity (Wildman–Crippen MR) is 117 cm³/mol. The summed E-state index contributed by atoms with van der Waals surface area (Å²) in [6.07, 6.45) is -1.37. The zero-order chi connectivity index (χ0) is 23.7. The van der Waals surface area contributed by atoms with E-state index in [4.69, 9.17) is 9.47 Å². The number of aromatic amines is 1. The van der Waals surface area contributed by atoms with Crippen LogP contribution < -0.4 is 5.56 Å². The summed E-state index contributed by atoms with van der Waals surface area (Å²) in [7, 11) is 1.41. The summed E-state index contributed by atoms with van der Waals surface area (Å²) in [4.78, 5) is 43.2. The fourth-order valence-electron chi connectivity index (χ4n) is 3.65. The number of aliphatic hydroxyl groups excluding tert-OH is 2. The largest absolute Gasteiger partial charge is 0.388 e. The van der Waals surface area contributed by atoms with Crippen LogP contribution in [0.3, 0.4) is 0 Å². The Balaban J connectivity index is 2.17. The van der Waals surface area contributed by atoms with Crippen LogP contribution >= 0.6 is 0 Å². The van der Waals surface area contributed by atoms with Crippen molar-refractivity contribution in [2.75, 3.05) is 46.5 Å². The molecule has 0 spiro atoms. The van der Waals surface area contributed by atoms with Crippen LogP contribution in [0.25, 0.3) is 0 Å². The number of aromatic nitrogens is 1. The van der Waals surface area contributed by atoms with Crippen molar-refractivity contribution in [2.45, 2.75) is 51.4 Å². The van der Waals surface area contributed by atoms with Crippen LogP contribution in [0.15, 0.2) is 16.9 Å². The van der Waals surface area contributed by atoms with E-state index in [0.29, 0.717) is 51.2 Å². The molecule has 0 bridgehead atoms. The molecule has 3 atom stereocenters. The van der Waals surface area contributed by atoms with Gasteiger partial charge in [-0.15, -0.1) is 0 Å². The highest BCUT2D eigenvalue weighted by Gasteiger charge is 2.29. The number of hydrogen-bond donors (Lipinski definition) is 3. The lowest BCUT2D eigenvalue weighted by Crippen LogP contribution is -2.48. The molecule has 3 N–H and O–H groups in total. The van der Waals surface area contributed by atoms with Gasteiger partial charge in [0.05, 0.1) is 6.61 Å². The third-order valence-corrected chi connectivity index (χ3v) is 5.61. The van der Waals surface area contributed by atoms with Gasteiger partial charge in [0.15, 0.2) is 0 Å². The Morgan fingerprint density at radius 1 is 1.12 bits per heavy atom. The third kappa shape index (κ3) is 7.40. The highest BCUT2D eigenvalue weighted by Crippen LogP contribution is 2.11. The molecule has 2 heterocycles. The average Bonchev–Trinajstić information content (AvgIpc) is 2.75. The number of carbonyl (C=O) groups excluding carboxylic acids is 2. The molecule has 0 unspecified atom stereocenters. The number of amides is 2. The molecule has 2 amide bonds. The van der Waals surface area contributed by atoms with Crippen LogP contribution in [-0.4, -0.2) is 102 Å². The Bertz CT molecular complexity index is 813. The number of ether oxygens (including phenoxy) is 2. The summed E-state index contributed by atoms with van der Waals surface area (Å²) in [5, 5.41) is 20.6. The quantitative estimate of drug-likeness (QED) is 0.570. The Labute approximate surface area is 188 Å². The van der Waals surface area contributed by atoms with Gasteiger partial charge in [-0.2, -0.15) is 0 Å². The van der Waals surface area contributed by atoms with Crippen molar-refractivity contribution in [3.63, 3.8) is 0 Å². The number of aryl methyl sites for hydroxylation is 1. The second-order valence-electron chi connectivity index (χ2n) is 8.11. The normalized spacial score (nSPS) is 24.5. The summed E-state index contributed by atoms with van der Waals surface area (Å²) in [5.74, 6) is -0.561. The fraction of sp³-hybridized carbons (Fsp3) is 0.682. The molecule has 0 aromatic carbocycles. The summed E-state index contributed by atoms with van der Waals surface area (Å²) >= 11 is 0. The van der Waals surface area contributed by atoms with Gasteiger partial charge in [0.1, 0.15) is 23.9 Å². The molecule has 1 aliphatic heterocycles. The number of rotatable bonds is 2. The molecule has 180 valence electrons. The van der Waals surface area contributed by atoms with Crippen molar-refractivity contribution in [3.8, 4) is 0 Å². The number of pyridine rings is 1. The number of nitrogens with one attached hydrogen (secondary N) is 1. The van der Waals surface area contributed by atoms with E-state index in [2.05, 4.69) is 4.98 Å². The van der Waals surface area contributed by atoms with Gasteiger partial charge < -0.3 is 34.5 Å². The second kappa shape index (κ2) is 12.7. The minimum atomic E-state index is -1.21. The zero-order valence-corrected chi connectivity index (χ0v) is 19.1. The maximum atomic E-state index is 13.0. The third-order valence-electron chi connectivity index (χ3n) is 5.61. The topological polar surface area (TPSA) is 132 Å². The molecule has 0 radical (unpaired) electrons. The monoisotopic (exact) mass is 453 g/mol. The molecule has 1 saturated heterocycles. The first-order valence-corrected chi connectivity index (χ1v) is 11.0. The van der Waals surface area contributed by atoms with E-state index < -0.39 is 23.9 Å². The number of hydrogen-bond acceptors (Lipinski definition) is 7. The molecule has 1 fully saturated rings. The SMILES string of the molecule is CO[C@H]1CN(C(C)=O)CCCN(C(=O)c2ccc(C)[nH]c2=O)CCCCOC[C@H](O)[C@@H]1O. The predicted octanol–water partition coefficient (Wildman–Crippen LogP) is -0.0887. The van der Waals surface area contributed by atoms with Crippen LogP contribution in [0.4, 0.5) is 0 Å². The van der Waals surface area contributed by atoms with Crippen molar-refractivity contribution < 1.29 is 29.3 Å². The lowest BCUT2D eigenvalue weighted by molar-refractivity contribution is -0.136. The van der Waals surface area contributed by atoms with Gasteiger partial charge in [0, 0.05) is 52.5 Å². The Morgan fingerprint density at radius 3 is 2.47 bits per heavy atom. The van der Waals surface area contributed by atoms with Crippen molar-refractivity contribution in [2.24, 2.45) is 0 Å². The van der Waals surface area contributed by atoms with E-state index in [-0.39, 0.29) is 30.5 Å². The molecular weight excluding hydrogens is 418 g/mol. The molecule has 1 aromatic rings. The number of H-pyrrole nitrogens is 1. The first-order chi connectivity index (χ1) is 15.2. The Morgan fingerprint density at radius 2 is 1.81 bits per heavy atom. The van der Waals surface area contributed by atoms with E-state index >= 15 is 0 Å². The van der Waals surface area contributed by atoms with Gasteiger partial charge in [-0.3, -0.25) is 14.4 Å². The van der Waals surface area contributed by atoms with Crippen LogP contribution in [0.5, 0.6) is 0 Å². The molecule has 2 rings (SSSR count). The van der Waals surface area contributed by atoms with Crippen LogP contribution in [0.1, 0.15) is 42.2 Å². The number of aliphatic hydroxyl groups is 2. The van der Waals surface area contributed by atoms with Crippen LogP contribution in [0, 0.1) is 6.92 Å². The number of methoxy groups -OCH3 is 1. The minimum absolute atomic E-state index is 0.0670. The highest BCUT2D eigenvalue weighted by atomic mass is 16.5. The number of carbonyl (C=O) groups is 2. The van der Waals surface area contributed by atoms with E-state index in [1.807, 2.05) is 0 Å². The van der Waals surface area contributed by atoms with Crippen molar-refractivity contribution in [3.05, 3.63) is 33.7 Å². The molecular formula is C22H35N3O7. The van der Waals surface area contributed by atoms with E-state index in [0.717, 1.165) is 0 Å². The smallest absolute Gasteiger partial charge is 0.260 e. The van der Waals surface area contributed by atoms with Gasteiger partial charge in [-0.25, -0.2) is 0 Å². The lowest BCUT2D eigenvalue weighted by Gasteiger charge is -2.31. The van der Waals surface area contributed by atoms with Crippen molar-refractivity contribution >= 4 is 11.8 Å². The van der Waals surface area contributed by atoms with E-state index in [1.165, 1.54) is 25.0 Å². The first-order valence-electron chi connectivity index (χ1n) is 11.0. The van der Waals surface area contributed by atoms with Crippen LogP contribution in [-0.2, 0) is 14.3 Å². The number of nitrogens with zero attached hydrogens (tertiary/aromatic N) is 2. The fourth-order valence-corrected chi connectivity index (χ4v) is 3.65. The minimum Gasteiger partial charge on any atom is -0.388 e. The van der Waals surface area contributed by atoms with Gasteiger partial charge in [-0.1, -0.05) is 0 Å². The molecule has 1 aromatic heterocycles. The lowest BCUT2D eigenvalue weighted by atomic mass is 10.1. The van der Waals surface area contributed by atoms with E-state index in [9.17, 15) is 24.6 Å². The van der Waals surface area contributed by atoms with E-state index in [1.54, 1.807) is 17.9 Å². The Kier molecular flexibility index (Phi) is 10.3. The maximum Gasteiger partial charge on any atom is 0.260 e. The summed E-state index contributed by atoms with van der Waals surface area (Å²) < 4.78 is 10.8. The molecule has 0 aliphatic carbocycles. The molecule has 10 heteroatoms. The van der Waals surface area contributed by atoms with Gasteiger partial charge in [0.2, 0.25) is 5.91 Å². The summed E-state index contributed by atoms with van der Waals surface area (Å²) in [5.41, 5.74) is 0.333. The van der Waals surface area contributed by atoms with Gasteiger partial charge >= 0.3 is 0 Å². The molecule has 10 nitrogen and oxygen atoms in total. The van der Waals surface area contributed by atoms with Gasteiger partial charge in [0.25, 0.3) is 11.5 Å². The Hall–Kier alpha value is -2.27. The maximum absolute atomic E-state index is 13.0. The van der Waals surface area contributed by atoms with Crippen LogP contribution in [0.2, 0.25) is 0 Å². The molecule has 32 heavy (non-hydrogen) atoms. The molecule has 0 saturated carbocycles. The second-order valence-corrected chi connectivity index (χ2v) is 8.11. The van der Waals surface area contributed by atoms with Gasteiger partial charge in [-0.05, 0) is 38.3 Å². The van der Waals surface area contributed by atoms with Crippen molar-refractivity contribution in [1.29, 1.82) is 0 Å². The highest BCUT2D eigenvalue weighted by molar-refractivity contribution is 5.93. The standard InChI is InChI=1S/C22H35N3O7/c1-15-7-8-17(21(29)23-15)22(30)24-9-4-5-12-32-14-18(27)20(28)19(31-3)13-25(16(2)26)11-6-10-24/h7-8,18-20,27-28H,4-6,9-14H2,1-3H3,(H,23,29)/t18-,19-,20-/m0/s1. The molecule has 1 aliphatic rings. The van der Waals surface area contributed by atoms with Crippen molar-refractivity contribution in [1.82, 2.24) is 14.8 Å².